The Kier molecular flexibility index (Phi) is 7.86. The highest BCUT2D eigenvalue weighted by atomic mass is 35.5. The Bertz CT molecular complexity index is 1510. The minimum atomic E-state index is -2.88. The summed E-state index contributed by atoms with van der Waals surface area (Å²) in [5.41, 5.74) is 0.484. The SMILES string of the molecule is N#Cc1ccnc(N2C(=O)NCC2C(=O)N(c2cccc(F)c2)C(c2ccccc2Cl)C(O)NC2CC(F)(F)C2)c1. The van der Waals surface area contributed by atoms with Gasteiger partial charge in [-0.25, -0.2) is 22.9 Å². The smallest absolute Gasteiger partial charge is 0.323 e. The summed E-state index contributed by atoms with van der Waals surface area (Å²) in [6, 6.07) is 12.2. The number of rotatable bonds is 8. The summed E-state index contributed by atoms with van der Waals surface area (Å²) in [6.07, 6.45) is -1.33. The van der Waals surface area contributed by atoms with Crippen LogP contribution in [0, 0.1) is 17.1 Å². The highest BCUT2D eigenvalue weighted by molar-refractivity contribution is 6.31. The lowest BCUT2D eigenvalue weighted by Gasteiger charge is -2.42. The largest absolute Gasteiger partial charge is 0.376 e. The number of aliphatic hydroxyl groups is 1. The third kappa shape index (κ3) is 5.83. The second-order valence-electron chi connectivity index (χ2n) is 9.81. The van der Waals surface area contributed by atoms with E-state index in [9.17, 15) is 33.1 Å². The van der Waals surface area contributed by atoms with Gasteiger partial charge in [0.2, 0.25) is 0 Å². The summed E-state index contributed by atoms with van der Waals surface area (Å²) >= 11 is 6.51. The van der Waals surface area contributed by atoms with E-state index in [0.717, 1.165) is 15.9 Å². The molecule has 0 spiro atoms. The number of aliphatic hydroxyl groups excluding tert-OH is 1. The van der Waals surface area contributed by atoms with Crippen LogP contribution in [0.5, 0.6) is 0 Å². The van der Waals surface area contributed by atoms with Crippen LogP contribution < -0.4 is 20.4 Å². The standard InChI is InChI=1S/C28H24ClF3N6O3/c29-21-7-2-1-6-20(21)24(25(39)36-18-12-28(31,32)13-18)37(19-5-3-4-17(30)11-19)26(40)22-15-35-27(41)38(22)23-10-16(14-33)8-9-34-23/h1-11,18,22,24-25,36,39H,12-13,15H2,(H,35,41). The second-order valence-corrected chi connectivity index (χ2v) is 10.2. The molecule has 3 aromatic rings. The van der Waals surface area contributed by atoms with Gasteiger partial charge >= 0.3 is 6.03 Å². The highest BCUT2D eigenvalue weighted by Crippen LogP contribution is 2.40. The van der Waals surface area contributed by atoms with Gasteiger partial charge in [0.05, 0.1) is 11.6 Å². The number of alkyl halides is 2. The number of hydrogen-bond acceptors (Lipinski definition) is 6. The van der Waals surface area contributed by atoms with E-state index in [4.69, 9.17) is 11.6 Å². The lowest BCUT2D eigenvalue weighted by Crippen LogP contribution is -2.58. The molecule has 3 amide bonds. The number of pyridine rings is 1. The molecule has 13 heteroatoms. The summed E-state index contributed by atoms with van der Waals surface area (Å²) in [7, 11) is 0. The minimum Gasteiger partial charge on any atom is -0.376 e. The fraction of sp³-hybridized carbons (Fsp3) is 0.286. The molecule has 0 bridgehead atoms. The zero-order valence-corrected chi connectivity index (χ0v) is 22.1. The van der Waals surface area contributed by atoms with E-state index in [2.05, 4.69) is 15.6 Å². The van der Waals surface area contributed by atoms with Gasteiger partial charge in [-0.05, 0) is 42.0 Å². The Morgan fingerprint density at radius 1 is 1.22 bits per heavy atom. The number of halogens is 4. The highest BCUT2D eigenvalue weighted by Gasteiger charge is 2.48. The molecule has 1 saturated heterocycles. The molecule has 2 aromatic carbocycles. The maximum absolute atomic E-state index is 14.5. The van der Waals surface area contributed by atoms with Crippen LogP contribution in [0.2, 0.25) is 5.02 Å². The number of carbonyl (C=O) groups is 2. The van der Waals surface area contributed by atoms with Crippen molar-refractivity contribution >= 4 is 35.0 Å². The molecule has 5 rings (SSSR count). The van der Waals surface area contributed by atoms with E-state index < -0.39 is 60.9 Å². The molecule has 1 aliphatic heterocycles. The molecule has 2 aliphatic rings. The van der Waals surface area contributed by atoms with E-state index in [1.54, 1.807) is 18.2 Å². The van der Waals surface area contributed by atoms with Crippen LogP contribution in [0.4, 0.5) is 29.5 Å². The fourth-order valence-electron chi connectivity index (χ4n) is 5.07. The van der Waals surface area contributed by atoms with E-state index in [1.807, 2.05) is 6.07 Å². The summed E-state index contributed by atoms with van der Waals surface area (Å²) in [5.74, 6) is -4.28. The lowest BCUT2D eigenvalue weighted by atomic mass is 9.87. The van der Waals surface area contributed by atoms with Crippen LogP contribution in [0.1, 0.15) is 30.0 Å². The first kappa shape index (κ1) is 28.4. The zero-order chi connectivity index (χ0) is 29.3. The number of nitrogens with one attached hydrogen (secondary N) is 2. The van der Waals surface area contributed by atoms with Gasteiger partial charge in [-0.2, -0.15) is 5.26 Å². The van der Waals surface area contributed by atoms with Crippen molar-refractivity contribution in [2.75, 3.05) is 16.3 Å². The van der Waals surface area contributed by atoms with Gasteiger partial charge in [0, 0.05) is 42.3 Å². The molecule has 2 heterocycles. The number of urea groups is 1. The quantitative estimate of drug-likeness (QED) is 0.343. The Hall–Kier alpha value is -4.18. The van der Waals surface area contributed by atoms with E-state index in [-0.39, 0.29) is 34.2 Å². The first-order valence-corrected chi connectivity index (χ1v) is 13.0. The number of amides is 3. The minimum absolute atomic E-state index is 0.0257. The van der Waals surface area contributed by atoms with Gasteiger partial charge in [-0.15, -0.1) is 0 Å². The number of benzene rings is 2. The molecule has 3 N–H and O–H groups in total. The van der Waals surface area contributed by atoms with Crippen molar-refractivity contribution in [2.24, 2.45) is 0 Å². The summed E-state index contributed by atoms with van der Waals surface area (Å²) in [5, 5.41) is 26.3. The normalized spacial score (nSPS) is 19.6. The molecule has 9 nitrogen and oxygen atoms in total. The molecule has 2 fully saturated rings. The van der Waals surface area contributed by atoms with E-state index >= 15 is 0 Å². The van der Waals surface area contributed by atoms with Gasteiger partial charge in [0.25, 0.3) is 11.8 Å². The molecule has 0 radical (unpaired) electrons. The van der Waals surface area contributed by atoms with Crippen LogP contribution in [-0.2, 0) is 4.79 Å². The monoisotopic (exact) mass is 584 g/mol. The Labute approximate surface area is 238 Å². The molecule has 1 saturated carbocycles. The van der Waals surface area contributed by atoms with Gasteiger partial charge in [0.15, 0.2) is 0 Å². The maximum Gasteiger partial charge on any atom is 0.323 e. The molecular formula is C28H24ClF3N6O3. The van der Waals surface area contributed by atoms with E-state index in [1.165, 1.54) is 42.6 Å². The predicted molar refractivity (Wildman–Crippen MR) is 144 cm³/mol. The third-order valence-electron chi connectivity index (χ3n) is 7.01. The van der Waals surface area contributed by atoms with Crippen LogP contribution in [-0.4, -0.2) is 52.8 Å². The topological polar surface area (TPSA) is 122 Å². The van der Waals surface area contributed by atoms with Gasteiger partial charge in [-0.3, -0.25) is 19.9 Å². The van der Waals surface area contributed by atoms with Crippen molar-refractivity contribution in [3.8, 4) is 6.07 Å². The summed E-state index contributed by atoms with van der Waals surface area (Å²) in [4.78, 5) is 33.6. The number of anilines is 2. The summed E-state index contributed by atoms with van der Waals surface area (Å²) in [6.45, 7) is -0.171. The molecule has 1 aliphatic carbocycles. The Morgan fingerprint density at radius 2 is 1.98 bits per heavy atom. The van der Waals surface area contributed by atoms with Crippen LogP contribution in [0.15, 0.2) is 66.9 Å². The van der Waals surface area contributed by atoms with Gasteiger partial charge < -0.3 is 10.4 Å². The average Bonchev–Trinajstić information content (AvgIpc) is 3.32. The van der Waals surface area contributed by atoms with Crippen LogP contribution >= 0.6 is 11.6 Å². The second kappa shape index (κ2) is 11.4. The molecule has 41 heavy (non-hydrogen) atoms. The number of aromatic nitrogens is 1. The van der Waals surface area contributed by atoms with Crippen molar-refractivity contribution in [2.45, 2.75) is 43.1 Å². The van der Waals surface area contributed by atoms with E-state index in [0.29, 0.717) is 0 Å². The summed E-state index contributed by atoms with van der Waals surface area (Å²) < 4.78 is 41.7. The van der Waals surface area contributed by atoms with Gasteiger partial charge in [0.1, 0.15) is 29.9 Å². The molecule has 3 unspecified atom stereocenters. The van der Waals surface area contributed by atoms with Crippen molar-refractivity contribution in [3.05, 3.63) is 88.8 Å². The fourth-order valence-corrected chi connectivity index (χ4v) is 5.32. The van der Waals surface area contributed by atoms with Gasteiger partial charge in [-0.1, -0.05) is 35.9 Å². The van der Waals surface area contributed by atoms with Crippen molar-refractivity contribution in [1.82, 2.24) is 15.6 Å². The van der Waals surface area contributed by atoms with Crippen molar-refractivity contribution in [3.63, 3.8) is 0 Å². The number of carbonyl (C=O) groups excluding carboxylic acids is 2. The van der Waals surface area contributed by atoms with Crippen LogP contribution in [0.3, 0.4) is 0 Å². The first-order chi connectivity index (χ1) is 19.6. The number of hydrogen-bond donors (Lipinski definition) is 3. The lowest BCUT2D eigenvalue weighted by molar-refractivity contribution is -0.122. The number of nitriles is 1. The van der Waals surface area contributed by atoms with Crippen LogP contribution in [0.25, 0.3) is 0 Å². The molecule has 3 atom stereocenters. The molecular weight excluding hydrogens is 561 g/mol. The van der Waals surface area contributed by atoms with Crippen molar-refractivity contribution in [1.29, 1.82) is 5.26 Å². The zero-order valence-electron chi connectivity index (χ0n) is 21.3. The molecule has 212 valence electrons. The Balaban J connectivity index is 1.60. The number of nitrogens with zero attached hydrogens (tertiary/aromatic N) is 4. The maximum atomic E-state index is 14.5. The predicted octanol–water partition coefficient (Wildman–Crippen LogP) is 4.12. The average molecular weight is 585 g/mol. The van der Waals surface area contributed by atoms with Crippen molar-refractivity contribution < 1.29 is 27.9 Å². The third-order valence-corrected chi connectivity index (χ3v) is 7.35. The molecule has 1 aromatic heterocycles. The first-order valence-electron chi connectivity index (χ1n) is 12.7. The Morgan fingerprint density at radius 3 is 2.66 bits per heavy atom.